The quantitative estimate of drug-likeness (QED) is 0.673. The molecule has 23 heavy (non-hydrogen) atoms. The third-order valence-corrected chi connectivity index (χ3v) is 4.76. The second kappa shape index (κ2) is 8.88. The van der Waals surface area contributed by atoms with Crippen LogP contribution in [0.4, 0.5) is 4.79 Å². The zero-order valence-corrected chi connectivity index (χ0v) is 15.9. The van der Waals surface area contributed by atoms with E-state index < -0.39 is 0 Å². The van der Waals surface area contributed by atoms with E-state index >= 15 is 0 Å². The lowest BCUT2D eigenvalue weighted by Gasteiger charge is -2.45. The highest BCUT2D eigenvalue weighted by molar-refractivity contribution is 5.73. The first-order valence-corrected chi connectivity index (χ1v) is 9.05. The maximum absolute atomic E-state index is 12.0. The Hall–Kier alpha value is -0.810. The molecule has 1 rings (SSSR count). The third kappa shape index (κ3) is 7.53. The summed E-state index contributed by atoms with van der Waals surface area (Å²) in [6.07, 6.45) is 1.67. The molecule has 5 heteroatoms. The second-order valence-corrected chi connectivity index (χ2v) is 8.42. The molecule has 1 fully saturated rings. The molecule has 3 N–H and O–H groups in total. The Balaban J connectivity index is 2.35. The van der Waals surface area contributed by atoms with E-state index in [-0.39, 0.29) is 23.6 Å². The van der Waals surface area contributed by atoms with Gasteiger partial charge in [0.2, 0.25) is 0 Å². The molecule has 1 heterocycles. The van der Waals surface area contributed by atoms with Crippen molar-refractivity contribution in [2.24, 2.45) is 17.8 Å². The van der Waals surface area contributed by atoms with Gasteiger partial charge in [-0.3, -0.25) is 4.90 Å². The average Bonchev–Trinajstić information content (AvgIpc) is 2.41. The van der Waals surface area contributed by atoms with Crippen LogP contribution in [0.25, 0.3) is 0 Å². The van der Waals surface area contributed by atoms with Gasteiger partial charge in [0.1, 0.15) is 0 Å². The normalized spacial score (nSPS) is 25.7. The van der Waals surface area contributed by atoms with Crippen LogP contribution in [-0.4, -0.2) is 53.9 Å². The standard InChI is InChI=1S/C18H37N3O2/c1-13(8-16(4)22)9-19-17(23)20-12-18(5,6)21-10-14(2)7-15(3)11-21/h13-16,22H,7-12H2,1-6H3,(H2,19,20,23). The monoisotopic (exact) mass is 327 g/mol. The van der Waals surface area contributed by atoms with Gasteiger partial charge in [-0.25, -0.2) is 4.79 Å². The molecule has 4 unspecified atom stereocenters. The van der Waals surface area contributed by atoms with Crippen molar-refractivity contribution in [1.29, 1.82) is 0 Å². The summed E-state index contributed by atoms with van der Waals surface area (Å²) in [5.74, 6) is 1.71. The second-order valence-electron chi connectivity index (χ2n) is 8.42. The maximum atomic E-state index is 12.0. The number of carbonyl (C=O) groups excluding carboxylic acids is 1. The minimum atomic E-state index is -0.322. The number of hydrogen-bond acceptors (Lipinski definition) is 3. The lowest BCUT2D eigenvalue weighted by molar-refractivity contribution is 0.0472. The summed E-state index contributed by atoms with van der Waals surface area (Å²) in [5.41, 5.74) is -0.0362. The average molecular weight is 328 g/mol. The van der Waals surface area contributed by atoms with Crippen LogP contribution in [0, 0.1) is 17.8 Å². The molecule has 5 nitrogen and oxygen atoms in total. The van der Waals surface area contributed by atoms with Crippen molar-refractivity contribution >= 4 is 6.03 Å². The molecule has 0 aromatic heterocycles. The summed E-state index contributed by atoms with van der Waals surface area (Å²) in [6.45, 7) is 16.3. The molecule has 0 aromatic rings. The van der Waals surface area contributed by atoms with E-state index in [1.165, 1.54) is 6.42 Å². The molecular weight excluding hydrogens is 290 g/mol. The highest BCUT2D eigenvalue weighted by atomic mass is 16.3. The molecular formula is C18H37N3O2. The number of carbonyl (C=O) groups is 1. The van der Waals surface area contributed by atoms with Gasteiger partial charge in [-0.05, 0) is 51.4 Å². The number of urea groups is 1. The largest absolute Gasteiger partial charge is 0.393 e. The van der Waals surface area contributed by atoms with Crippen LogP contribution in [0.2, 0.25) is 0 Å². The molecule has 1 aliphatic heterocycles. The van der Waals surface area contributed by atoms with Gasteiger partial charge in [-0.2, -0.15) is 0 Å². The van der Waals surface area contributed by atoms with Gasteiger partial charge in [0.15, 0.2) is 0 Å². The van der Waals surface area contributed by atoms with E-state index in [2.05, 4.69) is 43.2 Å². The number of aliphatic hydroxyl groups is 1. The van der Waals surface area contributed by atoms with E-state index in [9.17, 15) is 9.90 Å². The van der Waals surface area contributed by atoms with Crippen molar-refractivity contribution in [3.05, 3.63) is 0 Å². The molecule has 136 valence electrons. The van der Waals surface area contributed by atoms with Gasteiger partial charge in [0.25, 0.3) is 0 Å². The predicted molar refractivity (Wildman–Crippen MR) is 95.5 cm³/mol. The van der Waals surface area contributed by atoms with Crippen LogP contribution in [0.15, 0.2) is 0 Å². The van der Waals surface area contributed by atoms with Crippen LogP contribution in [-0.2, 0) is 0 Å². The predicted octanol–water partition coefficient (Wildman–Crippen LogP) is 2.45. The molecule has 2 amide bonds. The summed E-state index contributed by atoms with van der Waals surface area (Å²) in [7, 11) is 0. The number of amides is 2. The first kappa shape index (κ1) is 20.2. The molecule has 1 aliphatic rings. The number of nitrogens with one attached hydrogen (secondary N) is 2. The maximum Gasteiger partial charge on any atom is 0.314 e. The minimum absolute atomic E-state index is 0.0362. The van der Waals surface area contributed by atoms with E-state index in [1.807, 2.05) is 6.92 Å². The molecule has 4 atom stereocenters. The van der Waals surface area contributed by atoms with Crippen molar-refractivity contribution in [3.8, 4) is 0 Å². The lowest BCUT2D eigenvalue weighted by Crippen LogP contribution is -2.57. The number of piperidine rings is 1. The molecule has 1 saturated heterocycles. The van der Waals surface area contributed by atoms with E-state index in [0.717, 1.165) is 13.1 Å². The Labute approximate surface area is 142 Å². The van der Waals surface area contributed by atoms with Crippen molar-refractivity contribution in [2.45, 2.75) is 66.0 Å². The van der Waals surface area contributed by atoms with Gasteiger partial charge < -0.3 is 15.7 Å². The summed E-state index contributed by atoms with van der Waals surface area (Å²) >= 11 is 0. The molecule has 0 saturated carbocycles. The lowest BCUT2D eigenvalue weighted by atomic mass is 9.88. The zero-order valence-electron chi connectivity index (χ0n) is 15.9. The Morgan fingerprint density at radius 2 is 1.78 bits per heavy atom. The summed E-state index contributed by atoms with van der Waals surface area (Å²) in [4.78, 5) is 14.5. The number of hydrogen-bond donors (Lipinski definition) is 3. The van der Waals surface area contributed by atoms with Crippen molar-refractivity contribution < 1.29 is 9.90 Å². The molecule has 0 aromatic carbocycles. The Kier molecular flexibility index (Phi) is 7.81. The minimum Gasteiger partial charge on any atom is -0.393 e. The highest BCUT2D eigenvalue weighted by Gasteiger charge is 2.32. The first-order chi connectivity index (χ1) is 10.6. The molecule has 0 radical (unpaired) electrons. The Bertz CT molecular complexity index is 361. The number of likely N-dealkylation sites (tertiary alicyclic amines) is 1. The number of nitrogens with zero attached hydrogens (tertiary/aromatic N) is 1. The third-order valence-electron chi connectivity index (χ3n) is 4.76. The summed E-state index contributed by atoms with van der Waals surface area (Å²) < 4.78 is 0. The van der Waals surface area contributed by atoms with Gasteiger partial charge >= 0.3 is 6.03 Å². The Morgan fingerprint density at radius 1 is 1.22 bits per heavy atom. The topological polar surface area (TPSA) is 64.6 Å². The summed E-state index contributed by atoms with van der Waals surface area (Å²) in [5, 5.41) is 15.3. The van der Waals surface area contributed by atoms with Crippen molar-refractivity contribution in [2.75, 3.05) is 26.2 Å². The van der Waals surface area contributed by atoms with Gasteiger partial charge in [0.05, 0.1) is 6.10 Å². The fourth-order valence-corrected chi connectivity index (χ4v) is 3.56. The molecule has 0 aliphatic carbocycles. The van der Waals surface area contributed by atoms with Gasteiger partial charge in [-0.1, -0.05) is 20.8 Å². The fraction of sp³-hybridized carbons (Fsp3) is 0.944. The Morgan fingerprint density at radius 3 is 2.30 bits per heavy atom. The van der Waals surface area contributed by atoms with E-state index in [4.69, 9.17) is 0 Å². The number of aliphatic hydroxyl groups excluding tert-OH is 1. The SMILES string of the molecule is CC(O)CC(C)CNC(=O)NCC(C)(C)N1CC(C)CC(C)C1. The molecule has 0 bridgehead atoms. The highest BCUT2D eigenvalue weighted by Crippen LogP contribution is 2.26. The first-order valence-electron chi connectivity index (χ1n) is 9.05. The smallest absolute Gasteiger partial charge is 0.314 e. The van der Waals surface area contributed by atoms with E-state index in [1.54, 1.807) is 6.92 Å². The van der Waals surface area contributed by atoms with Crippen LogP contribution >= 0.6 is 0 Å². The van der Waals surface area contributed by atoms with Crippen molar-refractivity contribution in [1.82, 2.24) is 15.5 Å². The summed E-state index contributed by atoms with van der Waals surface area (Å²) in [6, 6.07) is -0.117. The fourth-order valence-electron chi connectivity index (χ4n) is 3.56. The van der Waals surface area contributed by atoms with Crippen molar-refractivity contribution in [3.63, 3.8) is 0 Å². The van der Waals surface area contributed by atoms with Crippen LogP contribution in [0.3, 0.4) is 0 Å². The van der Waals surface area contributed by atoms with Gasteiger partial charge in [-0.15, -0.1) is 0 Å². The van der Waals surface area contributed by atoms with Crippen LogP contribution < -0.4 is 10.6 Å². The number of rotatable bonds is 7. The zero-order chi connectivity index (χ0) is 17.6. The van der Waals surface area contributed by atoms with Crippen LogP contribution in [0.1, 0.15) is 54.4 Å². The van der Waals surface area contributed by atoms with Gasteiger partial charge in [0, 0.05) is 31.7 Å². The van der Waals surface area contributed by atoms with Crippen LogP contribution in [0.5, 0.6) is 0 Å². The molecule has 0 spiro atoms. The van der Waals surface area contributed by atoms with E-state index in [0.29, 0.717) is 31.3 Å².